The molecule has 5 nitrogen and oxygen atoms in total. The number of hydrogen-bond acceptors (Lipinski definition) is 3. The number of anilines is 1. The van der Waals surface area contributed by atoms with Crippen molar-refractivity contribution in [3.05, 3.63) is 66.5 Å². The molecule has 104 valence electrons. The van der Waals surface area contributed by atoms with Crippen molar-refractivity contribution in [3.63, 3.8) is 0 Å². The highest BCUT2D eigenvalue weighted by atomic mass is 16.3. The maximum atomic E-state index is 12.2. The highest BCUT2D eigenvalue weighted by Crippen LogP contribution is 2.20. The molecule has 3 aromatic rings. The molecule has 0 atom stereocenters. The number of amides is 1. The molecule has 3 N–H and O–H groups in total. The molecule has 0 aliphatic carbocycles. The summed E-state index contributed by atoms with van der Waals surface area (Å²) in [6, 6.07) is 13.7. The lowest BCUT2D eigenvalue weighted by Gasteiger charge is -2.06. The first-order valence-corrected chi connectivity index (χ1v) is 6.42. The third-order valence-electron chi connectivity index (χ3n) is 3.06. The number of hydrogen-bond donors (Lipinski definition) is 3. The Kier molecular flexibility index (Phi) is 3.39. The second kappa shape index (κ2) is 5.50. The van der Waals surface area contributed by atoms with E-state index in [1.807, 2.05) is 12.1 Å². The zero-order valence-corrected chi connectivity index (χ0v) is 11.1. The minimum Gasteiger partial charge on any atom is -0.508 e. The van der Waals surface area contributed by atoms with Crippen LogP contribution < -0.4 is 5.32 Å². The van der Waals surface area contributed by atoms with Gasteiger partial charge in [-0.1, -0.05) is 18.2 Å². The van der Waals surface area contributed by atoms with Crippen LogP contribution >= 0.6 is 0 Å². The predicted molar refractivity (Wildman–Crippen MR) is 80.1 cm³/mol. The van der Waals surface area contributed by atoms with Gasteiger partial charge in [0.15, 0.2) is 0 Å². The average molecular weight is 279 g/mol. The number of nitrogens with one attached hydrogen (secondary N) is 2. The molecule has 21 heavy (non-hydrogen) atoms. The van der Waals surface area contributed by atoms with Crippen molar-refractivity contribution in [1.82, 2.24) is 10.2 Å². The Labute approximate surface area is 121 Å². The third kappa shape index (κ3) is 2.92. The predicted octanol–water partition coefficient (Wildman–Crippen LogP) is 3.03. The number of rotatable bonds is 3. The second-order valence-corrected chi connectivity index (χ2v) is 4.57. The van der Waals surface area contributed by atoms with Crippen LogP contribution in [0.2, 0.25) is 0 Å². The van der Waals surface area contributed by atoms with E-state index in [9.17, 15) is 9.90 Å². The quantitative estimate of drug-likeness (QED) is 0.689. The van der Waals surface area contributed by atoms with Gasteiger partial charge in [0.25, 0.3) is 5.91 Å². The van der Waals surface area contributed by atoms with E-state index < -0.39 is 0 Å². The molecule has 1 heterocycles. The summed E-state index contributed by atoms with van der Waals surface area (Å²) < 4.78 is 0. The molecule has 0 saturated heterocycles. The Bertz CT molecular complexity index is 767. The van der Waals surface area contributed by atoms with Crippen molar-refractivity contribution in [1.29, 1.82) is 0 Å². The number of phenolic OH excluding ortho intramolecular Hbond substituents is 1. The maximum Gasteiger partial charge on any atom is 0.255 e. The first-order valence-electron chi connectivity index (χ1n) is 6.42. The molecular formula is C16H13N3O2. The van der Waals surface area contributed by atoms with Gasteiger partial charge in [-0.05, 0) is 29.8 Å². The summed E-state index contributed by atoms with van der Waals surface area (Å²) in [6.07, 6.45) is 3.47. The lowest BCUT2D eigenvalue weighted by Crippen LogP contribution is -2.11. The Morgan fingerprint density at radius 2 is 1.95 bits per heavy atom. The lowest BCUT2D eigenvalue weighted by atomic mass is 10.1. The topological polar surface area (TPSA) is 78.0 Å². The van der Waals surface area contributed by atoms with Gasteiger partial charge < -0.3 is 10.4 Å². The molecule has 2 aromatic carbocycles. The number of benzene rings is 2. The zero-order valence-electron chi connectivity index (χ0n) is 11.1. The van der Waals surface area contributed by atoms with E-state index in [0.717, 1.165) is 11.1 Å². The third-order valence-corrected chi connectivity index (χ3v) is 3.06. The van der Waals surface area contributed by atoms with Gasteiger partial charge in [0.05, 0.1) is 6.20 Å². The molecule has 0 fully saturated rings. The molecule has 0 saturated carbocycles. The summed E-state index contributed by atoms with van der Waals surface area (Å²) in [5.41, 5.74) is 2.92. The summed E-state index contributed by atoms with van der Waals surface area (Å²) in [5.74, 6) is -0.120. The van der Waals surface area contributed by atoms with E-state index in [4.69, 9.17) is 0 Å². The van der Waals surface area contributed by atoms with E-state index >= 15 is 0 Å². The zero-order chi connectivity index (χ0) is 14.7. The van der Waals surface area contributed by atoms with E-state index in [0.29, 0.717) is 11.3 Å². The smallest absolute Gasteiger partial charge is 0.255 e. The van der Waals surface area contributed by atoms with Crippen LogP contribution in [0.25, 0.3) is 11.1 Å². The SMILES string of the molecule is O=C(Nc1cccc(O)c1)c1cccc(-c2cn[nH]c2)c1. The van der Waals surface area contributed by atoms with Crippen LogP contribution in [0, 0.1) is 0 Å². The molecule has 1 amide bonds. The summed E-state index contributed by atoms with van der Waals surface area (Å²) in [6.45, 7) is 0. The van der Waals surface area contributed by atoms with Gasteiger partial charge in [-0.3, -0.25) is 9.89 Å². The van der Waals surface area contributed by atoms with Crippen LogP contribution in [-0.2, 0) is 0 Å². The van der Waals surface area contributed by atoms with Crippen molar-refractivity contribution in [2.75, 3.05) is 5.32 Å². The molecule has 3 rings (SSSR count). The highest BCUT2D eigenvalue weighted by Gasteiger charge is 2.08. The highest BCUT2D eigenvalue weighted by molar-refractivity contribution is 6.05. The fourth-order valence-electron chi connectivity index (χ4n) is 2.04. The molecule has 0 unspecified atom stereocenters. The van der Waals surface area contributed by atoms with Crippen molar-refractivity contribution >= 4 is 11.6 Å². The van der Waals surface area contributed by atoms with Gasteiger partial charge in [0, 0.05) is 29.1 Å². The largest absolute Gasteiger partial charge is 0.508 e. The molecule has 0 radical (unpaired) electrons. The molecular weight excluding hydrogens is 266 g/mol. The number of H-pyrrole nitrogens is 1. The van der Waals surface area contributed by atoms with Crippen LogP contribution in [0.5, 0.6) is 5.75 Å². The normalized spacial score (nSPS) is 10.3. The number of aromatic nitrogens is 2. The Hall–Kier alpha value is -3.08. The van der Waals surface area contributed by atoms with Crippen LogP contribution in [0.1, 0.15) is 10.4 Å². The number of carbonyl (C=O) groups is 1. The number of aromatic amines is 1. The van der Waals surface area contributed by atoms with Crippen molar-refractivity contribution in [2.45, 2.75) is 0 Å². The Morgan fingerprint density at radius 3 is 2.71 bits per heavy atom. The standard InChI is InChI=1S/C16H13N3O2/c20-15-6-2-5-14(8-15)19-16(21)12-4-1-3-11(7-12)13-9-17-18-10-13/h1-10,20H,(H,17,18)(H,19,21). The minimum absolute atomic E-state index is 0.111. The van der Waals surface area contributed by atoms with Gasteiger partial charge in [-0.2, -0.15) is 5.10 Å². The van der Waals surface area contributed by atoms with Crippen molar-refractivity contribution in [2.24, 2.45) is 0 Å². The van der Waals surface area contributed by atoms with Gasteiger partial charge in [-0.25, -0.2) is 0 Å². The summed E-state index contributed by atoms with van der Waals surface area (Å²) in [7, 11) is 0. The van der Waals surface area contributed by atoms with E-state index in [2.05, 4.69) is 15.5 Å². The van der Waals surface area contributed by atoms with Gasteiger partial charge >= 0.3 is 0 Å². The molecule has 0 aliphatic heterocycles. The molecule has 0 bridgehead atoms. The van der Waals surface area contributed by atoms with Crippen molar-refractivity contribution < 1.29 is 9.90 Å². The van der Waals surface area contributed by atoms with Gasteiger partial charge in [-0.15, -0.1) is 0 Å². The summed E-state index contributed by atoms with van der Waals surface area (Å²) >= 11 is 0. The number of phenols is 1. The van der Waals surface area contributed by atoms with Gasteiger partial charge in [0.2, 0.25) is 0 Å². The fourth-order valence-corrected chi connectivity index (χ4v) is 2.04. The summed E-state index contributed by atoms with van der Waals surface area (Å²) in [5, 5.41) is 18.8. The summed E-state index contributed by atoms with van der Waals surface area (Å²) in [4.78, 5) is 12.2. The molecule has 1 aromatic heterocycles. The van der Waals surface area contributed by atoms with E-state index in [1.165, 1.54) is 6.07 Å². The molecule has 5 heteroatoms. The Balaban J connectivity index is 1.83. The van der Waals surface area contributed by atoms with Crippen LogP contribution in [0.15, 0.2) is 60.9 Å². The minimum atomic E-state index is -0.231. The lowest BCUT2D eigenvalue weighted by molar-refractivity contribution is 0.102. The average Bonchev–Trinajstić information content (AvgIpc) is 3.02. The second-order valence-electron chi connectivity index (χ2n) is 4.57. The fraction of sp³-hybridized carbons (Fsp3) is 0. The van der Waals surface area contributed by atoms with Crippen LogP contribution in [0.4, 0.5) is 5.69 Å². The first-order chi connectivity index (χ1) is 10.2. The van der Waals surface area contributed by atoms with Gasteiger partial charge in [0.1, 0.15) is 5.75 Å². The van der Waals surface area contributed by atoms with Crippen LogP contribution in [0.3, 0.4) is 0 Å². The number of aromatic hydroxyl groups is 1. The van der Waals surface area contributed by atoms with Crippen molar-refractivity contribution in [3.8, 4) is 16.9 Å². The monoisotopic (exact) mass is 279 g/mol. The number of nitrogens with zero attached hydrogens (tertiary/aromatic N) is 1. The number of carbonyl (C=O) groups excluding carboxylic acids is 1. The molecule has 0 aliphatic rings. The first kappa shape index (κ1) is 12.9. The van der Waals surface area contributed by atoms with E-state index in [-0.39, 0.29) is 11.7 Å². The van der Waals surface area contributed by atoms with Crippen LogP contribution in [-0.4, -0.2) is 21.2 Å². The molecule has 0 spiro atoms. The Morgan fingerprint density at radius 1 is 1.10 bits per heavy atom. The maximum absolute atomic E-state index is 12.2. The van der Waals surface area contributed by atoms with E-state index in [1.54, 1.807) is 42.7 Å².